The van der Waals surface area contributed by atoms with Gasteiger partial charge in [-0.15, -0.1) is 0 Å². The second kappa shape index (κ2) is 6.43. The van der Waals surface area contributed by atoms with E-state index in [1.807, 2.05) is 57.4 Å². The van der Waals surface area contributed by atoms with Crippen LogP contribution in [0.25, 0.3) is 0 Å². The van der Waals surface area contributed by atoms with Crippen LogP contribution in [0.3, 0.4) is 0 Å². The van der Waals surface area contributed by atoms with Crippen LogP contribution < -0.4 is 5.32 Å². The van der Waals surface area contributed by atoms with Crippen LogP contribution in [-0.2, 0) is 13.6 Å². The summed E-state index contributed by atoms with van der Waals surface area (Å²) in [6.07, 6.45) is 1.94. The molecule has 2 amide bonds. The first-order chi connectivity index (χ1) is 9.97. The number of benzene rings is 1. The molecule has 0 aliphatic carbocycles. The van der Waals surface area contributed by atoms with Crippen LogP contribution in [0.2, 0.25) is 0 Å². The van der Waals surface area contributed by atoms with Crippen molar-refractivity contribution < 1.29 is 4.79 Å². The molecule has 112 valence electrons. The summed E-state index contributed by atoms with van der Waals surface area (Å²) >= 11 is 0. The molecule has 1 aromatic heterocycles. The topological polar surface area (TPSA) is 50.2 Å². The molecule has 0 aliphatic rings. The van der Waals surface area contributed by atoms with Gasteiger partial charge in [-0.05, 0) is 19.4 Å². The fraction of sp³-hybridized carbons (Fsp3) is 0.375. The smallest absolute Gasteiger partial charge is 0.317 e. The molecule has 5 nitrogen and oxygen atoms in total. The number of hydrogen-bond donors (Lipinski definition) is 1. The molecule has 1 heterocycles. The van der Waals surface area contributed by atoms with Crippen molar-refractivity contribution in [3.63, 3.8) is 0 Å². The minimum atomic E-state index is -0.0883. The summed E-state index contributed by atoms with van der Waals surface area (Å²) in [5, 5.41) is 7.31. The first-order valence-electron chi connectivity index (χ1n) is 7.03. The highest BCUT2D eigenvalue weighted by Crippen LogP contribution is 2.16. The van der Waals surface area contributed by atoms with Gasteiger partial charge in [0.05, 0.1) is 11.7 Å². The van der Waals surface area contributed by atoms with Crippen LogP contribution >= 0.6 is 0 Å². The van der Waals surface area contributed by atoms with E-state index >= 15 is 0 Å². The van der Waals surface area contributed by atoms with Crippen molar-refractivity contribution in [2.24, 2.45) is 7.05 Å². The van der Waals surface area contributed by atoms with Gasteiger partial charge in [-0.25, -0.2) is 4.79 Å². The minimum absolute atomic E-state index is 0.0653. The lowest BCUT2D eigenvalue weighted by atomic mass is 10.1. The molecule has 0 radical (unpaired) electrons. The normalized spacial score (nSPS) is 12.0. The number of aromatic nitrogens is 2. The molecule has 0 saturated heterocycles. The van der Waals surface area contributed by atoms with Gasteiger partial charge >= 0.3 is 6.03 Å². The van der Waals surface area contributed by atoms with Crippen molar-refractivity contribution in [1.29, 1.82) is 0 Å². The molecular formula is C16H22N4O. The van der Waals surface area contributed by atoms with Crippen LogP contribution in [-0.4, -0.2) is 27.8 Å². The van der Waals surface area contributed by atoms with Gasteiger partial charge in [0, 0.05) is 32.4 Å². The van der Waals surface area contributed by atoms with Crippen molar-refractivity contribution >= 4 is 6.03 Å². The highest BCUT2D eigenvalue weighted by Gasteiger charge is 2.16. The first-order valence-corrected chi connectivity index (χ1v) is 7.03. The van der Waals surface area contributed by atoms with E-state index in [1.165, 1.54) is 0 Å². The Labute approximate surface area is 125 Å². The maximum absolute atomic E-state index is 12.2. The number of aryl methyl sites for hydroxylation is 2. The molecule has 21 heavy (non-hydrogen) atoms. The molecular weight excluding hydrogens is 264 g/mol. The predicted molar refractivity (Wildman–Crippen MR) is 82.8 cm³/mol. The van der Waals surface area contributed by atoms with Crippen LogP contribution in [0, 0.1) is 6.92 Å². The van der Waals surface area contributed by atoms with E-state index in [9.17, 15) is 4.79 Å². The number of amides is 2. The lowest BCUT2D eigenvalue weighted by molar-refractivity contribution is 0.203. The van der Waals surface area contributed by atoms with Gasteiger partial charge in [0.25, 0.3) is 0 Å². The number of nitrogens with zero attached hydrogens (tertiary/aromatic N) is 3. The molecule has 0 saturated carbocycles. The summed E-state index contributed by atoms with van der Waals surface area (Å²) in [5.41, 5.74) is 3.09. The molecule has 0 fully saturated rings. The monoisotopic (exact) mass is 286 g/mol. The van der Waals surface area contributed by atoms with Crippen molar-refractivity contribution in [3.8, 4) is 0 Å². The Morgan fingerprint density at radius 2 is 2.05 bits per heavy atom. The zero-order valence-corrected chi connectivity index (χ0v) is 13.0. The number of nitrogens with one attached hydrogen (secondary N) is 1. The third-order valence-electron chi connectivity index (χ3n) is 3.47. The summed E-state index contributed by atoms with van der Waals surface area (Å²) in [7, 11) is 3.68. The Morgan fingerprint density at radius 3 is 2.62 bits per heavy atom. The fourth-order valence-corrected chi connectivity index (χ4v) is 2.35. The minimum Gasteiger partial charge on any atom is -0.331 e. The van der Waals surface area contributed by atoms with E-state index in [0.717, 1.165) is 16.8 Å². The summed E-state index contributed by atoms with van der Waals surface area (Å²) in [4.78, 5) is 13.9. The third-order valence-corrected chi connectivity index (χ3v) is 3.47. The van der Waals surface area contributed by atoms with E-state index < -0.39 is 0 Å². The molecule has 1 N–H and O–H groups in total. The van der Waals surface area contributed by atoms with Gasteiger partial charge in [-0.2, -0.15) is 5.10 Å². The van der Waals surface area contributed by atoms with Crippen LogP contribution in [0.4, 0.5) is 4.79 Å². The highest BCUT2D eigenvalue weighted by molar-refractivity contribution is 5.74. The first kappa shape index (κ1) is 15.1. The molecule has 2 rings (SSSR count). The predicted octanol–water partition coefficient (Wildman–Crippen LogP) is 2.63. The maximum Gasteiger partial charge on any atom is 0.317 e. The van der Waals surface area contributed by atoms with E-state index in [-0.39, 0.29) is 12.1 Å². The van der Waals surface area contributed by atoms with Crippen molar-refractivity contribution in [2.75, 3.05) is 7.05 Å². The van der Waals surface area contributed by atoms with Crippen LogP contribution in [0.5, 0.6) is 0 Å². The molecule has 5 heteroatoms. The Bertz CT molecular complexity index is 606. The number of carbonyl (C=O) groups is 1. The summed E-state index contributed by atoms with van der Waals surface area (Å²) in [6.45, 7) is 4.51. The third kappa shape index (κ3) is 3.84. The Kier molecular flexibility index (Phi) is 4.62. The lowest BCUT2D eigenvalue weighted by Crippen LogP contribution is -2.38. The maximum atomic E-state index is 12.2. The van der Waals surface area contributed by atoms with Gasteiger partial charge in [0.15, 0.2) is 0 Å². The molecule has 0 bridgehead atoms. The lowest BCUT2D eigenvalue weighted by Gasteiger charge is -2.21. The van der Waals surface area contributed by atoms with Crippen molar-refractivity contribution in [2.45, 2.75) is 26.4 Å². The molecule has 1 aromatic carbocycles. The molecule has 2 aromatic rings. The van der Waals surface area contributed by atoms with Gasteiger partial charge in [-0.1, -0.05) is 30.3 Å². The number of rotatable bonds is 4. The van der Waals surface area contributed by atoms with E-state index in [1.54, 1.807) is 16.6 Å². The van der Waals surface area contributed by atoms with E-state index in [4.69, 9.17) is 0 Å². The Morgan fingerprint density at radius 1 is 1.38 bits per heavy atom. The van der Waals surface area contributed by atoms with Gasteiger partial charge in [0.2, 0.25) is 0 Å². The average molecular weight is 286 g/mol. The Balaban J connectivity index is 1.96. The molecule has 0 spiro atoms. The zero-order chi connectivity index (χ0) is 15.4. The fourth-order valence-electron chi connectivity index (χ4n) is 2.35. The SMILES string of the molecule is Cc1nn(C)cc1C(C)NC(=O)N(C)Cc1ccccc1. The van der Waals surface area contributed by atoms with Crippen LogP contribution in [0.15, 0.2) is 36.5 Å². The molecule has 1 atom stereocenters. The van der Waals surface area contributed by atoms with Gasteiger partial charge in [-0.3, -0.25) is 4.68 Å². The number of carbonyl (C=O) groups excluding carboxylic acids is 1. The molecule has 1 unspecified atom stereocenters. The zero-order valence-electron chi connectivity index (χ0n) is 13.0. The summed E-state index contributed by atoms with van der Waals surface area (Å²) < 4.78 is 1.76. The largest absolute Gasteiger partial charge is 0.331 e. The summed E-state index contributed by atoms with van der Waals surface area (Å²) in [6, 6.07) is 9.79. The number of hydrogen-bond acceptors (Lipinski definition) is 2. The van der Waals surface area contributed by atoms with E-state index in [0.29, 0.717) is 6.54 Å². The average Bonchev–Trinajstić information content (AvgIpc) is 2.78. The van der Waals surface area contributed by atoms with E-state index in [2.05, 4.69) is 10.4 Å². The quantitative estimate of drug-likeness (QED) is 0.939. The van der Waals surface area contributed by atoms with Gasteiger partial charge < -0.3 is 10.2 Å². The van der Waals surface area contributed by atoms with Crippen LogP contribution in [0.1, 0.15) is 29.8 Å². The summed E-state index contributed by atoms with van der Waals surface area (Å²) in [5.74, 6) is 0. The molecule has 0 aliphatic heterocycles. The second-order valence-corrected chi connectivity index (χ2v) is 5.36. The van der Waals surface area contributed by atoms with Crippen molar-refractivity contribution in [1.82, 2.24) is 20.0 Å². The number of urea groups is 1. The second-order valence-electron chi connectivity index (χ2n) is 5.36. The standard InChI is InChI=1S/C16H22N4O/c1-12(15-11-20(4)18-13(15)2)17-16(21)19(3)10-14-8-6-5-7-9-14/h5-9,11-12H,10H2,1-4H3,(H,17,21). The van der Waals surface area contributed by atoms with Crippen molar-refractivity contribution in [3.05, 3.63) is 53.3 Å². The Hall–Kier alpha value is -2.30. The van der Waals surface area contributed by atoms with Gasteiger partial charge in [0.1, 0.15) is 0 Å². The highest BCUT2D eigenvalue weighted by atomic mass is 16.2.